The minimum absolute atomic E-state index is 0.321. The molecule has 0 spiro atoms. The summed E-state index contributed by atoms with van der Waals surface area (Å²) in [6, 6.07) is 1.94. The maximum absolute atomic E-state index is 5.85. The zero-order valence-electron chi connectivity index (χ0n) is 15.0. The predicted octanol–water partition coefficient (Wildman–Crippen LogP) is 6.55. The Hall–Kier alpha value is -0.830. The lowest BCUT2D eigenvalue weighted by atomic mass is 10.1. The summed E-state index contributed by atoms with van der Waals surface area (Å²) in [7, 11) is 0. The summed E-state index contributed by atoms with van der Waals surface area (Å²) in [6.07, 6.45) is 16.5. The Morgan fingerprint density at radius 2 is 1.35 bits per heavy atom. The van der Waals surface area contributed by atoms with Crippen LogP contribution in [0.15, 0.2) is 6.07 Å². The van der Waals surface area contributed by atoms with Gasteiger partial charge in [0.25, 0.3) is 0 Å². The fraction of sp³-hybridized carbons (Fsp3) is 0.789. The molecule has 3 nitrogen and oxygen atoms in total. The molecule has 0 unspecified atom stereocenters. The van der Waals surface area contributed by atoms with Gasteiger partial charge in [-0.05, 0) is 24.9 Å². The molecule has 1 N–H and O–H groups in total. The van der Waals surface area contributed by atoms with E-state index in [0.717, 1.165) is 18.1 Å². The minimum atomic E-state index is 0.321. The largest absolute Gasteiger partial charge is 0.370 e. The summed E-state index contributed by atoms with van der Waals surface area (Å²) in [4.78, 5) is 8.23. The highest BCUT2D eigenvalue weighted by molar-refractivity contribution is 6.28. The van der Waals surface area contributed by atoms with Gasteiger partial charge in [0.1, 0.15) is 5.82 Å². The smallest absolute Gasteiger partial charge is 0.224 e. The number of nitrogens with zero attached hydrogens (tertiary/aromatic N) is 2. The van der Waals surface area contributed by atoms with Crippen LogP contribution < -0.4 is 5.32 Å². The van der Waals surface area contributed by atoms with Gasteiger partial charge in [-0.3, -0.25) is 0 Å². The fourth-order valence-corrected chi connectivity index (χ4v) is 3.03. The Kier molecular flexibility index (Phi) is 11.9. The monoisotopic (exact) mass is 339 g/mol. The number of anilines is 1. The maximum Gasteiger partial charge on any atom is 0.224 e. The molecule has 0 atom stereocenters. The van der Waals surface area contributed by atoms with E-state index in [9.17, 15) is 0 Å². The van der Waals surface area contributed by atoms with Crippen molar-refractivity contribution < 1.29 is 0 Å². The minimum Gasteiger partial charge on any atom is -0.370 e. The second-order valence-electron chi connectivity index (χ2n) is 6.48. The summed E-state index contributed by atoms with van der Waals surface area (Å²) in [5.74, 6) is 0.838. The van der Waals surface area contributed by atoms with Gasteiger partial charge in [0.2, 0.25) is 5.28 Å². The lowest BCUT2D eigenvalue weighted by Gasteiger charge is -2.06. The molecule has 0 radical (unpaired) electrons. The highest BCUT2D eigenvalue weighted by atomic mass is 35.5. The molecule has 132 valence electrons. The van der Waals surface area contributed by atoms with Crippen molar-refractivity contribution in [1.29, 1.82) is 0 Å². The first-order valence-corrected chi connectivity index (χ1v) is 9.85. The van der Waals surface area contributed by atoms with Gasteiger partial charge in [0.05, 0.1) is 0 Å². The van der Waals surface area contributed by atoms with Crippen LogP contribution in [0.25, 0.3) is 0 Å². The topological polar surface area (TPSA) is 37.8 Å². The second-order valence-corrected chi connectivity index (χ2v) is 6.82. The van der Waals surface area contributed by atoms with Crippen LogP contribution in [0.2, 0.25) is 5.28 Å². The summed E-state index contributed by atoms with van der Waals surface area (Å²) in [5.41, 5.74) is 0.905. The molecule has 1 heterocycles. The Balaban J connectivity index is 1.86. The van der Waals surface area contributed by atoms with Crippen molar-refractivity contribution in [2.45, 2.75) is 90.9 Å². The molecule has 0 bridgehead atoms. The van der Waals surface area contributed by atoms with E-state index in [0.29, 0.717) is 5.28 Å². The summed E-state index contributed by atoms with van der Waals surface area (Å²) in [6.45, 7) is 5.17. The third-order valence-corrected chi connectivity index (χ3v) is 4.33. The Bertz CT molecular complexity index is 389. The first-order chi connectivity index (χ1) is 11.2. The zero-order valence-corrected chi connectivity index (χ0v) is 15.8. The van der Waals surface area contributed by atoms with Crippen LogP contribution in [0.1, 0.15) is 89.7 Å². The van der Waals surface area contributed by atoms with Crippen LogP contribution in [0.4, 0.5) is 5.82 Å². The van der Waals surface area contributed by atoms with E-state index in [4.69, 9.17) is 11.6 Å². The highest BCUT2D eigenvalue weighted by Gasteiger charge is 1.99. The normalized spacial score (nSPS) is 10.9. The maximum atomic E-state index is 5.85. The first-order valence-electron chi connectivity index (χ1n) is 9.47. The average Bonchev–Trinajstić information content (AvgIpc) is 2.51. The first kappa shape index (κ1) is 20.2. The SMILES string of the molecule is CCCCCCCCCCCCCCNc1cc(C)nc(Cl)n1. The van der Waals surface area contributed by atoms with E-state index in [-0.39, 0.29) is 0 Å². The summed E-state index contributed by atoms with van der Waals surface area (Å²) < 4.78 is 0. The zero-order chi connectivity index (χ0) is 16.8. The van der Waals surface area contributed by atoms with Crippen molar-refractivity contribution in [2.24, 2.45) is 0 Å². The number of aromatic nitrogens is 2. The van der Waals surface area contributed by atoms with Crippen LogP contribution in [-0.2, 0) is 0 Å². The van der Waals surface area contributed by atoms with Crippen molar-refractivity contribution in [1.82, 2.24) is 9.97 Å². The fourth-order valence-electron chi connectivity index (χ4n) is 2.81. The van der Waals surface area contributed by atoms with Crippen molar-refractivity contribution in [3.05, 3.63) is 17.0 Å². The number of halogens is 1. The van der Waals surface area contributed by atoms with Crippen molar-refractivity contribution in [3.63, 3.8) is 0 Å². The van der Waals surface area contributed by atoms with Crippen LogP contribution in [-0.4, -0.2) is 16.5 Å². The molecule has 0 saturated carbocycles. The van der Waals surface area contributed by atoms with E-state index in [1.165, 1.54) is 77.0 Å². The highest BCUT2D eigenvalue weighted by Crippen LogP contribution is 2.13. The van der Waals surface area contributed by atoms with E-state index >= 15 is 0 Å². The molecule has 23 heavy (non-hydrogen) atoms. The van der Waals surface area contributed by atoms with Gasteiger partial charge in [0.15, 0.2) is 0 Å². The standard InChI is InChI=1S/C19H34ClN3/c1-3-4-5-6-7-8-9-10-11-12-13-14-15-21-18-16-17(2)22-19(20)23-18/h16H,3-15H2,1-2H3,(H,21,22,23). The molecule has 0 aliphatic rings. The third-order valence-electron chi connectivity index (χ3n) is 4.16. The van der Waals surface area contributed by atoms with Gasteiger partial charge < -0.3 is 5.32 Å². The molecule has 0 aromatic carbocycles. The predicted molar refractivity (Wildman–Crippen MR) is 101 cm³/mol. The van der Waals surface area contributed by atoms with Gasteiger partial charge in [-0.25, -0.2) is 9.97 Å². The Labute approximate surface area is 147 Å². The molecule has 0 amide bonds. The quantitative estimate of drug-likeness (QED) is 0.308. The number of rotatable bonds is 14. The molecule has 0 fully saturated rings. The van der Waals surface area contributed by atoms with Crippen LogP contribution in [0.5, 0.6) is 0 Å². The lowest BCUT2D eigenvalue weighted by Crippen LogP contribution is -2.04. The van der Waals surface area contributed by atoms with E-state index in [1.54, 1.807) is 0 Å². The van der Waals surface area contributed by atoms with Gasteiger partial charge in [-0.1, -0.05) is 77.6 Å². The molecule has 1 aromatic rings. The lowest BCUT2D eigenvalue weighted by molar-refractivity contribution is 0.546. The molecule has 0 saturated heterocycles. The Morgan fingerprint density at radius 3 is 1.87 bits per heavy atom. The Morgan fingerprint density at radius 1 is 0.826 bits per heavy atom. The van der Waals surface area contributed by atoms with Crippen LogP contribution in [0, 0.1) is 6.92 Å². The van der Waals surface area contributed by atoms with Gasteiger partial charge >= 0.3 is 0 Å². The average molecular weight is 340 g/mol. The third kappa shape index (κ3) is 11.4. The number of unbranched alkanes of at least 4 members (excludes halogenated alkanes) is 11. The van der Waals surface area contributed by atoms with E-state index in [2.05, 4.69) is 22.2 Å². The molecule has 0 aliphatic heterocycles. The number of hydrogen-bond acceptors (Lipinski definition) is 3. The molecular formula is C19H34ClN3. The number of hydrogen-bond donors (Lipinski definition) is 1. The number of nitrogens with one attached hydrogen (secondary N) is 1. The molecule has 1 aromatic heterocycles. The van der Waals surface area contributed by atoms with Gasteiger partial charge in [-0.2, -0.15) is 0 Å². The molecule has 1 rings (SSSR count). The van der Waals surface area contributed by atoms with Crippen LogP contribution in [0.3, 0.4) is 0 Å². The molecule has 4 heteroatoms. The van der Waals surface area contributed by atoms with Crippen LogP contribution >= 0.6 is 11.6 Å². The van der Waals surface area contributed by atoms with E-state index < -0.39 is 0 Å². The van der Waals surface area contributed by atoms with Crippen molar-refractivity contribution in [2.75, 3.05) is 11.9 Å². The molecular weight excluding hydrogens is 306 g/mol. The van der Waals surface area contributed by atoms with Gasteiger partial charge in [-0.15, -0.1) is 0 Å². The van der Waals surface area contributed by atoms with Crippen molar-refractivity contribution in [3.8, 4) is 0 Å². The number of aryl methyl sites for hydroxylation is 1. The van der Waals surface area contributed by atoms with Gasteiger partial charge in [0, 0.05) is 18.3 Å². The summed E-state index contributed by atoms with van der Waals surface area (Å²) >= 11 is 5.85. The summed E-state index contributed by atoms with van der Waals surface area (Å²) in [5, 5.41) is 3.65. The van der Waals surface area contributed by atoms with Crippen molar-refractivity contribution >= 4 is 17.4 Å². The second kappa shape index (κ2) is 13.6. The molecule has 0 aliphatic carbocycles. The van der Waals surface area contributed by atoms with E-state index in [1.807, 2.05) is 13.0 Å².